The fourth-order valence-electron chi connectivity index (χ4n) is 2.12. The van der Waals surface area contributed by atoms with Crippen LogP contribution in [0, 0.1) is 11.3 Å². The zero-order valence-electron chi connectivity index (χ0n) is 14.2. The van der Waals surface area contributed by atoms with Crippen molar-refractivity contribution in [3.8, 4) is 6.07 Å². The number of nitrogens with zero attached hydrogens (tertiary/aromatic N) is 2. The van der Waals surface area contributed by atoms with Crippen LogP contribution in [0.1, 0.15) is 24.5 Å². The zero-order valence-corrected chi connectivity index (χ0v) is 15.0. The maximum absolute atomic E-state index is 12.4. The molecule has 0 saturated heterocycles. The molecule has 2 N–H and O–H groups in total. The van der Waals surface area contributed by atoms with Crippen molar-refractivity contribution in [2.24, 2.45) is 4.99 Å². The molecule has 132 valence electrons. The molecule has 0 aliphatic heterocycles. The van der Waals surface area contributed by atoms with E-state index in [9.17, 15) is 9.90 Å². The fraction of sp³-hybridized carbons (Fsp3) is 0.150. The fourth-order valence-corrected chi connectivity index (χ4v) is 2.35. The van der Waals surface area contributed by atoms with Crippen LogP contribution in [0.4, 0.5) is 5.69 Å². The number of aliphatic imine (C=N–C) groups is 1. The molecule has 0 fully saturated rings. The molecule has 0 aliphatic rings. The Hall–Kier alpha value is -3.10. The van der Waals surface area contributed by atoms with E-state index < -0.39 is 5.91 Å². The molecule has 0 saturated carbocycles. The van der Waals surface area contributed by atoms with Gasteiger partial charge in [0.2, 0.25) is 0 Å². The Labute approximate surface area is 157 Å². The van der Waals surface area contributed by atoms with Crippen molar-refractivity contribution in [1.82, 2.24) is 5.32 Å². The van der Waals surface area contributed by atoms with Gasteiger partial charge in [-0.15, -0.1) is 0 Å². The molecule has 26 heavy (non-hydrogen) atoms. The average Bonchev–Trinajstić information content (AvgIpc) is 2.67. The van der Waals surface area contributed by atoms with Gasteiger partial charge in [-0.2, -0.15) is 5.26 Å². The molecule has 0 aliphatic carbocycles. The summed E-state index contributed by atoms with van der Waals surface area (Å²) in [7, 11) is 0. The van der Waals surface area contributed by atoms with Crippen LogP contribution in [0.15, 0.2) is 59.1 Å². The van der Waals surface area contributed by atoms with Crippen molar-refractivity contribution in [3.63, 3.8) is 0 Å². The number of nitrogens with one attached hydrogen (secondary N) is 1. The van der Waals surface area contributed by atoms with Gasteiger partial charge >= 0.3 is 0 Å². The Balaban J connectivity index is 2.42. The van der Waals surface area contributed by atoms with Gasteiger partial charge in [-0.3, -0.25) is 9.79 Å². The van der Waals surface area contributed by atoms with Crippen LogP contribution < -0.4 is 5.32 Å². The number of aliphatic hydroxyl groups is 1. The first-order valence-corrected chi connectivity index (χ1v) is 8.45. The first-order chi connectivity index (χ1) is 12.6. The molecule has 2 rings (SSSR count). The van der Waals surface area contributed by atoms with Crippen molar-refractivity contribution in [2.45, 2.75) is 13.3 Å². The molecule has 5 nitrogen and oxygen atoms in total. The third-order valence-electron chi connectivity index (χ3n) is 3.50. The second-order valence-electron chi connectivity index (χ2n) is 5.41. The van der Waals surface area contributed by atoms with Gasteiger partial charge in [0.15, 0.2) is 0 Å². The zero-order chi connectivity index (χ0) is 18.9. The van der Waals surface area contributed by atoms with E-state index in [1.54, 1.807) is 48.5 Å². The lowest BCUT2D eigenvalue weighted by atomic mass is 10.1. The Morgan fingerprint density at radius 1 is 1.27 bits per heavy atom. The highest BCUT2D eigenvalue weighted by Crippen LogP contribution is 2.24. The molecular formula is C20H18ClN3O2. The van der Waals surface area contributed by atoms with E-state index in [4.69, 9.17) is 16.9 Å². The predicted molar refractivity (Wildman–Crippen MR) is 104 cm³/mol. The Bertz CT molecular complexity index is 881. The van der Waals surface area contributed by atoms with Gasteiger partial charge in [-0.1, -0.05) is 30.7 Å². The van der Waals surface area contributed by atoms with E-state index in [1.807, 2.05) is 13.0 Å². The third kappa shape index (κ3) is 4.95. The van der Waals surface area contributed by atoms with Gasteiger partial charge in [0.1, 0.15) is 5.76 Å². The Kier molecular flexibility index (Phi) is 6.95. The molecule has 6 heteroatoms. The van der Waals surface area contributed by atoms with Crippen LogP contribution >= 0.6 is 11.6 Å². The molecule has 1 amide bonds. The normalized spacial score (nSPS) is 11.7. The van der Waals surface area contributed by atoms with E-state index >= 15 is 0 Å². The number of halogens is 1. The number of amides is 1. The van der Waals surface area contributed by atoms with E-state index in [0.29, 0.717) is 28.4 Å². The summed E-state index contributed by atoms with van der Waals surface area (Å²) in [5.74, 6) is -0.691. The molecule has 2 aromatic carbocycles. The number of carbonyl (C=O) groups is 1. The highest BCUT2D eigenvalue weighted by molar-refractivity contribution is 6.32. The topological polar surface area (TPSA) is 85.5 Å². The molecule has 0 aromatic heterocycles. The molecule has 0 heterocycles. The predicted octanol–water partition coefficient (Wildman–Crippen LogP) is 4.41. The van der Waals surface area contributed by atoms with Gasteiger partial charge in [-0.05, 0) is 42.8 Å². The second kappa shape index (κ2) is 9.40. The summed E-state index contributed by atoms with van der Waals surface area (Å²) in [6.45, 7) is 2.41. The Morgan fingerprint density at radius 3 is 2.58 bits per heavy atom. The number of benzene rings is 2. The SMILES string of the molecule is CCCNC(=O)C(C=Nc1ccc(C#N)cc1)=C(O)c1ccccc1Cl. The van der Waals surface area contributed by atoms with E-state index in [1.165, 1.54) is 6.21 Å². The first kappa shape index (κ1) is 19.2. The molecule has 0 spiro atoms. The van der Waals surface area contributed by atoms with E-state index in [2.05, 4.69) is 10.3 Å². The summed E-state index contributed by atoms with van der Waals surface area (Å²) in [5.41, 5.74) is 1.43. The highest BCUT2D eigenvalue weighted by atomic mass is 35.5. The van der Waals surface area contributed by atoms with Crippen LogP contribution in [0.5, 0.6) is 0 Å². The summed E-state index contributed by atoms with van der Waals surface area (Å²) >= 11 is 6.12. The van der Waals surface area contributed by atoms with Gasteiger partial charge in [0.05, 0.1) is 27.9 Å². The minimum Gasteiger partial charge on any atom is -0.506 e. The van der Waals surface area contributed by atoms with Crippen molar-refractivity contribution in [1.29, 1.82) is 5.26 Å². The molecule has 2 aromatic rings. The lowest BCUT2D eigenvalue weighted by molar-refractivity contribution is -0.116. The molecule has 0 bridgehead atoms. The van der Waals surface area contributed by atoms with Gasteiger partial charge in [0.25, 0.3) is 5.91 Å². The van der Waals surface area contributed by atoms with Crippen molar-refractivity contribution >= 4 is 35.2 Å². The van der Waals surface area contributed by atoms with Gasteiger partial charge in [0, 0.05) is 18.3 Å². The first-order valence-electron chi connectivity index (χ1n) is 8.07. The number of hydrogen-bond acceptors (Lipinski definition) is 4. The number of aliphatic hydroxyl groups excluding tert-OH is 1. The summed E-state index contributed by atoms with van der Waals surface area (Å²) in [6, 6.07) is 15.3. The van der Waals surface area contributed by atoms with Crippen LogP contribution in [-0.2, 0) is 4.79 Å². The number of rotatable bonds is 6. The quantitative estimate of drug-likeness (QED) is 0.450. The van der Waals surface area contributed by atoms with E-state index in [0.717, 1.165) is 6.42 Å². The minimum absolute atomic E-state index is 0.0101. The van der Waals surface area contributed by atoms with Crippen LogP contribution in [0.2, 0.25) is 5.02 Å². The lowest BCUT2D eigenvalue weighted by Crippen LogP contribution is -2.27. The molecule has 0 atom stereocenters. The summed E-state index contributed by atoms with van der Waals surface area (Å²) in [4.78, 5) is 16.7. The average molecular weight is 368 g/mol. The largest absolute Gasteiger partial charge is 0.506 e. The van der Waals surface area contributed by atoms with Crippen LogP contribution in [0.3, 0.4) is 0 Å². The molecule has 0 unspecified atom stereocenters. The summed E-state index contributed by atoms with van der Waals surface area (Å²) in [6.07, 6.45) is 2.06. The lowest BCUT2D eigenvalue weighted by Gasteiger charge is -2.09. The van der Waals surface area contributed by atoms with Crippen LogP contribution in [0.25, 0.3) is 5.76 Å². The minimum atomic E-state index is -0.443. The number of carbonyl (C=O) groups excluding carboxylic acids is 1. The maximum atomic E-state index is 12.4. The summed E-state index contributed by atoms with van der Waals surface area (Å²) in [5, 5.41) is 22.5. The standard InChI is InChI=1S/C20H18ClN3O2/c1-2-11-23-20(26)17(19(25)16-5-3-4-6-18(16)21)13-24-15-9-7-14(12-22)8-10-15/h3-10,13,25H,2,11H2,1H3,(H,23,26). The second-order valence-corrected chi connectivity index (χ2v) is 5.82. The highest BCUT2D eigenvalue weighted by Gasteiger charge is 2.16. The van der Waals surface area contributed by atoms with Crippen molar-refractivity contribution < 1.29 is 9.90 Å². The van der Waals surface area contributed by atoms with Gasteiger partial charge in [-0.25, -0.2) is 0 Å². The van der Waals surface area contributed by atoms with Gasteiger partial charge < -0.3 is 10.4 Å². The Morgan fingerprint density at radius 2 is 1.96 bits per heavy atom. The van der Waals surface area contributed by atoms with E-state index in [-0.39, 0.29) is 11.3 Å². The summed E-state index contributed by atoms with van der Waals surface area (Å²) < 4.78 is 0. The number of hydrogen-bond donors (Lipinski definition) is 2. The third-order valence-corrected chi connectivity index (χ3v) is 3.83. The molecular weight excluding hydrogens is 350 g/mol. The van der Waals surface area contributed by atoms with Crippen molar-refractivity contribution in [3.05, 3.63) is 70.3 Å². The maximum Gasteiger partial charge on any atom is 0.256 e. The van der Waals surface area contributed by atoms with Crippen LogP contribution in [-0.4, -0.2) is 23.8 Å². The monoisotopic (exact) mass is 367 g/mol. The number of nitriles is 1. The van der Waals surface area contributed by atoms with Crippen molar-refractivity contribution in [2.75, 3.05) is 6.54 Å². The molecule has 0 radical (unpaired) electrons. The smallest absolute Gasteiger partial charge is 0.256 e.